The summed E-state index contributed by atoms with van der Waals surface area (Å²) in [6.07, 6.45) is 0.196. The molecule has 1 aromatic rings. The first kappa shape index (κ1) is 16.1. The van der Waals surface area contributed by atoms with E-state index in [1.54, 1.807) is 0 Å². The highest BCUT2D eigenvalue weighted by molar-refractivity contribution is 7.93. The summed E-state index contributed by atoms with van der Waals surface area (Å²) in [6, 6.07) is 4.06. The number of sulfone groups is 1. The first-order chi connectivity index (χ1) is 10.7. The van der Waals surface area contributed by atoms with Crippen LogP contribution in [0, 0.1) is 5.92 Å². The smallest absolute Gasteiger partial charge is 0.254 e. The predicted octanol–water partition coefficient (Wildman–Crippen LogP) is 0.160. The fourth-order valence-corrected chi connectivity index (χ4v) is 5.79. The molecule has 2 saturated heterocycles. The van der Waals surface area contributed by atoms with Crippen molar-refractivity contribution >= 4 is 33.3 Å². The van der Waals surface area contributed by atoms with E-state index in [-0.39, 0.29) is 41.6 Å². The Labute approximate surface area is 137 Å². The maximum absolute atomic E-state index is 12.4. The summed E-state index contributed by atoms with van der Waals surface area (Å²) in [6.45, 7) is -0.129. The first-order valence-corrected chi connectivity index (χ1v) is 9.00. The van der Waals surface area contributed by atoms with Crippen LogP contribution in [0.5, 0.6) is 5.75 Å². The number of benzene rings is 1. The Kier molecular flexibility index (Phi) is 3.57. The molecule has 1 aromatic carbocycles. The molecule has 2 heterocycles. The summed E-state index contributed by atoms with van der Waals surface area (Å²) >= 11 is 5.70. The van der Waals surface area contributed by atoms with E-state index in [1.165, 1.54) is 23.1 Å². The molecule has 0 aromatic heterocycles. The molecule has 2 aliphatic heterocycles. The van der Waals surface area contributed by atoms with Crippen LogP contribution < -0.4 is 5.73 Å². The molecule has 2 fully saturated rings. The molecule has 1 spiro atoms. The second-order valence-corrected chi connectivity index (χ2v) is 8.81. The fraction of sp³-hybridized carbons (Fsp3) is 0.429. The third kappa shape index (κ3) is 2.28. The molecule has 3 rings (SSSR count). The third-order valence-corrected chi connectivity index (χ3v) is 7.54. The van der Waals surface area contributed by atoms with Gasteiger partial charge < -0.3 is 15.7 Å². The predicted molar refractivity (Wildman–Crippen MR) is 82.8 cm³/mol. The Hall–Kier alpha value is -1.80. The molecule has 9 heteroatoms. The minimum atomic E-state index is -3.47. The quantitative estimate of drug-likeness (QED) is 0.780. The lowest BCUT2D eigenvalue weighted by molar-refractivity contribution is -0.124. The van der Waals surface area contributed by atoms with Crippen LogP contribution in [0.4, 0.5) is 0 Å². The number of hydrogen-bond acceptors (Lipinski definition) is 5. The molecule has 7 nitrogen and oxygen atoms in total. The zero-order valence-corrected chi connectivity index (χ0v) is 13.6. The maximum atomic E-state index is 12.4. The van der Waals surface area contributed by atoms with E-state index in [0.29, 0.717) is 0 Å². The van der Waals surface area contributed by atoms with Crippen molar-refractivity contribution in [3.8, 4) is 5.75 Å². The summed E-state index contributed by atoms with van der Waals surface area (Å²) < 4.78 is 23.3. The van der Waals surface area contributed by atoms with E-state index >= 15 is 0 Å². The van der Waals surface area contributed by atoms with Crippen LogP contribution >= 0.6 is 11.6 Å². The molecule has 1 unspecified atom stereocenters. The van der Waals surface area contributed by atoms with Gasteiger partial charge in [-0.1, -0.05) is 11.6 Å². The van der Waals surface area contributed by atoms with Crippen molar-refractivity contribution in [3.63, 3.8) is 0 Å². The van der Waals surface area contributed by atoms with Crippen LogP contribution in [-0.2, 0) is 14.6 Å². The summed E-state index contributed by atoms with van der Waals surface area (Å²) in [5.41, 5.74) is 5.52. The van der Waals surface area contributed by atoms with Gasteiger partial charge >= 0.3 is 0 Å². The van der Waals surface area contributed by atoms with Gasteiger partial charge in [0.1, 0.15) is 10.5 Å². The van der Waals surface area contributed by atoms with Gasteiger partial charge in [-0.2, -0.15) is 0 Å². The minimum Gasteiger partial charge on any atom is -0.506 e. The molecule has 0 saturated carbocycles. The number of primary amides is 1. The Morgan fingerprint density at radius 1 is 1.35 bits per heavy atom. The van der Waals surface area contributed by atoms with Crippen molar-refractivity contribution in [1.82, 2.24) is 4.90 Å². The van der Waals surface area contributed by atoms with Crippen molar-refractivity contribution in [2.45, 2.75) is 11.2 Å². The van der Waals surface area contributed by atoms with Crippen molar-refractivity contribution in [3.05, 3.63) is 28.8 Å². The lowest BCUT2D eigenvalue weighted by atomic mass is 9.82. The van der Waals surface area contributed by atoms with Gasteiger partial charge in [-0.05, 0) is 24.6 Å². The number of halogens is 1. The van der Waals surface area contributed by atoms with Gasteiger partial charge in [0.05, 0.1) is 16.7 Å². The monoisotopic (exact) mass is 358 g/mol. The molecule has 2 aliphatic rings. The van der Waals surface area contributed by atoms with Gasteiger partial charge in [0.25, 0.3) is 5.91 Å². The number of amides is 2. The number of phenolic OH excluding ortho intramolecular Hbond substituents is 1. The molecule has 124 valence electrons. The molecule has 23 heavy (non-hydrogen) atoms. The van der Waals surface area contributed by atoms with Gasteiger partial charge in [0, 0.05) is 18.7 Å². The zero-order chi connectivity index (χ0) is 17.0. The van der Waals surface area contributed by atoms with Crippen LogP contribution in [0.3, 0.4) is 0 Å². The minimum absolute atomic E-state index is 0.0643. The van der Waals surface area contributed by atoms with Crippen LogP contribution in [0.2, 0.25) is 5.02 Å². The van der Waals surface area contributed by atoms with Gasteiger partial charge in [-0.3, -0.25) is 9.59 Å². The lowest BCUT2D eigenvalue weighted by Gasteiger charge is -2.49. The van der Waals surface area contributed by atoms with Crippen molar-refractivity contribution in [1.29, 1.82) is 0 Å². The number of rotatable bonds is 2. The molecule has 0 bridgehead atoms. The summed E-state index contributed by atoms with van der Waals surface area (Å²) in [7, 11) is -3.47. The van der Waals surface area contributed by atoms with Crippen molar-refractivity contribution in [2.24, 2.45) is 11.7 Å². The van der Waals surface area contributed by atoms with E-state index in [0.717, 1.165) is 0 Å². The van der Waals surface area contributed by atoms with Crippen molar-refractivity contribution < 1.29 is 23.1 Å². The Balaban J connectivity index is 1.83. The molecule has 1 atom stereocenters. The Bertz CT molecular complexity index is 801. The van der Waals surface area contributed by atoms with Gasteiger partial charge in [-0.15, -0.1) is 0 Å². The van der Waals surface area contributed by atoms with Gasteiger partial charge in [0.15, 0.2) is 9.84 Å². The van der Waals surface area contributed by atoms with Crippen LogP contribution in [0.25, 0.3) is 0 Å². The Morgan fingerprint density at radius 2 is 2.00 bits per heavy atom. The number of carbonyl (C=O) groups excluding carboxylic acids is 2. The number of nitrogens with two attached hydrogens (primary N) is 1. The van der Waals surface area contributed by atoms with E-state index in [9.17, 15) is 23.1 Å². The zero-order valence-electron chi connectivity index (χ0n) is 12.0. The molecular formula is C14H15ClN2O5S. The highest BCUT2D eigenvalue weighted by Crippen LogP contribution is 2.45. The number of hydrogen-bond donors (Lipinski definition) is 2. The molecular weight excluding hydrogens is 344 g/mol. The molecule has 0 aliphatic carbocycles. The van der Waals surface area contributed by atoms with E-state index < -0.39 is 32.3 Å². The second kappa shape index (κ2) is 5.10. The van der Waals surface area contributed by atoms with Gasteiger partial charge in [-0.25, -0.2) is 8.42 Å². The topological polar surface area (TPSA) is 118 Å². The first-order valence-electron chi connectivity index (χ1n) is 6.97. The van der Waals surface area contributed by atoms with Crippen LogP contribution in [-0.4, -0.2) is 53.8 Å². The SMILES string of the molecule is NC(=O)C1CCS(=O)(=O)C12CN(C(=O)c1ccc(Cl)c(O)c1)C2. The number of aromatic hydroxyl groups is 1. The number of carbonyl (C=O) groups is 2. The van der Waals surface area contributed by atoms with Crippen LogP contribution in [0.1, 0.15) is 16.8 Å². The van der Waals surface area contributed by atoms with Crippen LogP contribution in [0.15, 0.2) is 18.2 Å². The number of phenols is 1. The molecule has 3 N–H and O–H groups in total. The summed E-state index contributed by atoms with van der Waals surface area (Å²) in [5.74, 6) is -2.16. The normalized spacial score (nSPS) is 24.4. The average Bonchev–Trinajstić information content (AvgIpc) is 2.71. The van der Waals surface area contributed by atoms with Gasteiger partial charge in [0.2, 0.25) is 5.91 Å². The fourth-order valence-electron chi connectivity index (χ4n) is 3.35. The highest BCUT2D eigenvalue weighted by atomic mass is 35.5. The molecule has 0 radical (unpaired) electrons. The number of nitrogens with zero attached hydrogens (tertiary/aromatic N) is 1. The maximum Gasteiger partial charge on any atom is 0.254 e. The lowest BCUT2D eigenvalue weighted by Crippen LogP contribution is -2.69. The van der Waals surface area contributed by atoms with E-state index in [4.69, 9.17) is 17.3 Å². The van der Waals surface area contributed by atoms with Crippen molar-refractivity contribution in [2.75, 3.05) is 18.8 Å². The largest absolute Gasteiger partial charge is 0.506 e. The summed E-state index contributed by atoms with van der Waals surface area (Å²) in [4.78, 5) is 25.2. The van der Waals surface area contributed by atoms with E-state index in [2.05, 4.69) is 0 Å². The molecule has 2 amide bonds. The second-order valence-electron chi connectivity index (χ2n) is 5.95. The highest BCUT2D eigenvalue weighted by Gasteiger charge is 2.64. The third-order valence-electron chi connectivity index (χ3n) is 4.67. The number of likely N-dealkylation sites (tertiary alicyclic amines) is 1. The Morgan fingerprint density at radius 3 is 2.57 bits per heavy atom. The summed E-state index contributed by atoms with van der Waals surface area (Å²) in [5, 5.41) is 9.68. The van der Waals surface area contributed by atoms with E-state index in [1.807, 2.05) is 0 Å². The standard InChI is InChI=1S/C14H15ClN2O5S/c15-10-2-1-8(5-11(10)18)13(20)17-6-14(7-17)9(12(16)19)3-4-23(14,21)22/h1-2,5,9,18H,3-4,6-7H2,(H2,16,19). The average molecular weight is 359 g/mol.